The molecule has 19 heavy (non-hydrogen) atoms. The van der Waals surface area contributed by atoms with Gasteiger partial charge in [-0.25, -0.2) is 5.26 Å². The first-order valence-electron chi connectivity index (χ1n) is 5.60. The summed E-state index contributed by atoms with van der Waals surface area (Å²) in [5.41, 5.74) is 6.18. The highest BCUT2D eigenvalue weighted by Gasteiger charge is 2.16. The second-order valence-electron chi connectivity index (χ2n) is 5.26. The Labute approximate surface area is 119 Å². The van der Waals surface area contributed by atoms with Gasteiger partial charge in [0.1, 0.15) is 0 Å². The van der Waals surface area contributed by atoms with Crippen LogP contribution in [-0.2, 0) is 5.04 Å². The van der Waals surface area contributed by atoms with E-state index in [0.29, 0.717) is 22.3 Å². The van der Waals surface area contributed by atoms with Gasteiger partial charge in [0.2, 0.25) is 0 Å². The van der Waals surface area contributed by atoms with Crippen molar-refractivity contribution in [1.29, 1.82) is 0 Å². The number of benzene rings is 1. The third-order valence-corrected chi connectivity index (χ3v) is 2.89. The summed E-state index contributed by atoms with van der Waals surface area (Å²) in [6, 6.07) is 3.02. The molecular formula is C12H17BrN2O4. The third-order valence-electron chi connectivity index (χ3n) is 2.27. The van der Waals surface area contributed by atoms with Gasteiger partial charge in [0, 0.05) is 12.6 Å². The monoisotopic (exact) mass is 332 g/mol. The standard InChI is InChI=1S/C12H17BrN2O4/c1-12(2,3)6-15-9-5-10(18-19-17)8(13)4-7(9)11(14)16/h4-5,15,17H,6H2,1-3H3,(H2,14,16). The van der Waals surface area contributed by atoms with E-state index in [-0.39, 0.29) is 11.2 Å². The van der Waals surface area contributed by atoms with Crippen molar-refractivity contribution in [3.8, 4) is 5.75 Å². The van der Waals surface area contributed by atoms with Crippen LogP contribution in [0, 0.1) is 5.41 Å². The van der Waals surface area contributed by atoms with Crippen LogP contribution in [0.25, 0.3) is 0 Å². The lowest BCUT2D eigenvalue weighted by Gasteiger charge is -2.21. The highest BCUT2D eigenvalue weighted by molar-refractivity contribution is 9.10. The van der Waals surface area contributed by atoms with Crippen molar-refractivity contribution < 1.29 is 20.0 Å². The molecule has 0 fully saturated rings. The summed E-state index contributed by atoms with van der Waals surface area (Å²) in [6.45, 7) is 6.79. The molecule has 0 aliphatic carbocycles. The normalized spacial score (nSPS) is 11.2. The number of carbonyl (C=O) groups excluding carboxylic acids is 1. The maximum Gasteiger partial charge on any atom is 0.250 e. The Kier molecular flexibility index (Phi) is 5.16. The van der Waals surface area contributed by atoms with E-state index in [1.807, 2.05) is 0 Å². The van der Waals surface area contributed by atoms with E-state index in [1.54, 1.807) is 0 Å². The van der Waals surface area contributed by atoms with Crippen LogP contribution in [0.15, 0.2) is 16.6 Å². The Balaban J connectivity index is 3.10. The fourth-order valence-corrected chi connectivity index (χ4v) is 1.78. The molecule has 0 aliphatic heterocycles. The van der Waals surface area contributed by atoms with E-state index in [1.165, 1.54) is 12.1 Å². The largest absolute Gasteiger partial charge is 0.384 e. The Bertz CT molecular complexity index is 472. The lowest BCUT2D eigenvalue weighted by molar-refractivity contribution is -0.439. The lowest BCUT2D eigenvalue weighted by Crippen LogP contribution is -2.22. The van der Waals surface area contributed by atoms with Gasteiger partial charge >= 0.3 is 0 Å². The quantitative estimate of drug-likeness (QED) is 0.569. The van der Waals surface area contributed by atoms with E-state index in [9.17, 15) is 4.79 Å². The fourth-order valence-electron chi connectivity index (χ4n) is 1.37. The number of nitrogens with two attached hydrogens (primary N) is 1. The first-order chi connectivity index (χ1) is 8.74. The average molecular weight is 333 g/mol. The SMILES string of the molecule is CC(C)(C)CNc1cc(OOO)c(Br)cc1C(N)=O. The van der Waals surface area contributed by atoms with Crippen LogP contribution in [0.2, 0.25) is 0 Å². The van der Waals surface area contributed by atoms with Crippen molar-refractivity contribution in [2.45, 2.75) is 20.8 Å². The van der Waals surface area contributed by atoms with Crippen molar-refractivity contribution in [1.82, 2.24) is 0 Å². The number of carbonyl (C=O) groups is 1. The van der Waals surface area contributed by atoms with Crippen LogP contribution in [-0.4, -0.2) is 17.7 Å². The van der Waals surface area contributed by atoms with Gasteiger partial charge in [-0.1, -0.05) is 20.8 Å². The molecule has 0 radical (unpaired) electrons. The Morgan fingerprint density at radius 3 is 2.58 bits per heavy atom. The second-order valence-corrected chi connectivity index (χ2v) is 6.12. The molecule has 0 aliphatic rings. The Morgan fingerprint density at radius 1 is 1.47 bits per heavy atom. The summed E-state index contributed by atoms with van der Waals surface area (Å²) >= 11 is 3.19. The molecule has 106 valence electrons. The molecule has 4 N–H and O–H groups in total. The first kappa shape index (κ1) is 15.7. The number of halogens is 1. The van der Waals surface area contributed by atoms with E-state index in [2.05, 4.69) is 51.9 Å². The molecule has 0 atom stereocenters. The van der Waals surface area contributed by atoms with Gasteiger partial charge in [0.25, 0.3) is 5.91 Å². The van der Waals surface area contributed by atoms with Crippen molar-refractivity contribution in [2.75, 3.05) is 11.9 Å². The maximum atomic E-state index is 11.4. The van der Waals surface area contributed by atoms with Gasteiger partial charge in [-0.2, -0.15) is 0 Å². The zero-order valence-electron chi connectivity index (χ0n) is 11.0. The maximum absolute atomic E-state index is 11.4. The molecule has 0 spiro atoms. The van der Waals surface area contributed by atoms with E-state index < -0.39 is 5.91 Å². The zero-order valence-corrected chi connectivity index (χ0v) is 12.6. The van der Waals surface area contributed by atoms with E-state index in [4.69, 9.17) is 11.0 Å². The minimum Gasteiger partial charge on any atom is -0.384 e. The molecule has 1 amide bonds. The topological polar surface area (TPSA) is 93.8 Å². The van der Waals surface area contributed by atoms with Crippen LogP contribution in [0.4, 0.5) is 5.69 Å². The third kappa shape index (κ3) is 4.70. The van der Waals surface area contributed by atoms with Gasteiger partial charge in [-0.05, 0) is 32.4 Å². The summed E-state index contributed by atoms with van der Waals surface area (Å²) in [6.07, 6.45) is 0. The molecule has 0 heterocycles. The van der Waals surface area contributed by atoms with Gasteiger partial charge in [0.15, 0.2) is 5.75 Å². The van der Waals surface area contributed by atoms with Gasteiger partial charge in [-0.15, -0.1) is 0 Å². The number of hydrogen-bond acceptors (Lipinski definition) is 5. The molecule has 0 unspecified atom stereocenters. The molecule has 1 rings (SSSR count). The number of anilines is 1. The molecule has 0 aromatic heterocycles. The van der Waals surface area contributed by atoms with Gasteiger partial charge < -0.3 is 15.9 Å². The van der Waals surface area contributed by atoms with Crippen LogP contribution >= 0.6 is 15.9 Å². The lowest BCUT2D eigenvalue weighted by atomic mass is 9.96. The second kappa shape index (κ2) is 6.23. The van der Waals surface area contributed by atoms with Crippen molar-refractivity contribution >= 4 is 27.5 Å². The minimum absolute atomic E-state index is 0.0243. The molecule has 1 aromatic carbocycles. The first-order valence-corrected chi connectivity index (χ1v) is 6.39. The van der Waals surface area contributed by atoms with Crippen LogP contribution in [0.3, 0.4) is 0 Å². The van der Waals surface area contributed by atoms with Crippen LogP contribution < -0.4 is 15.9 Å². The van der Waals surface area contributed by atoms with Gasteiger partial charge in [-0.3, -0.25) is 4.79 Å². The summed E-state index contributed by atoms with van der Waals surface area (Å²) in [5.74, 6) is -0.336. The van der Waals surface area contributed by atoms with Crippen molar-refractivity contribution in [3.63, 3.8) is 0 Å². The number of rotatable bonds is 5. The van der Waals surface area contributed by atoms with E-state index >= 15 is 0 Å². The summed E-state index contributed by atoms with van der Waals surface area (Å²) in [4.78, 5) is 16.0. The zero-order chi connectivity index (χ0) is 14.6. The van der Waals surface area contributed by atoms with Crippen LogP contribution in [0.1, 0.15) is 31.1 Å². The number of primary amides is 1. The smallest absolute Gasteiger partial charge is 0.250 e. The molecule has 0 saturated carbocycles. The highest BCUT2D eigenvalue weighted by atomic mass is 79.9. The predicted molar refractivity (Wildman–Crippen MR) is 74.9 cm³/mol. The molecule has 0 bridgehead atoms. The van der Waals surface area contributed by atoms with Gasteiger partial charge in [0.05, 0.1) is 15.7 Å². The molecule has 6 nitrogen and oxygen atoms in total. The number of hydrogen-bond donors (Lipinski definition) is 3. The van der Waals surface area contributed by atoms with E-state index in [0.717, 1.165) is 0 Å². The van der Waals surface area contributed by atoms with Crippen molar-refractivity contribution in [2.24, 2.45) is 11.1 Å². The fraction of sp³-hybridized carbons (Fsp3) is 0.417. The average Bonchev–Trinajstić information content (AvgIpc) is 2.28. The Morgan fingerprint density at radius 2 is 2.11 bits per heavy atom. The Hall–Kier alpha value is -1.31. The number of amides is 1. The molecule has 0 saturated heterocycles. The predicted octanol–water partition coefficient (Wildman–Crippen LogP) is 2.79. The number of nitrogens with one attached hydrogen (secondary N) is 1. The highest BCUT2D eigenvalue weighted by Crippen LogP contribution is 2.32. The van der Waals surface area contributed by atoms with Crippen LogP contribution in [0.5, 0.6) is 5.75 Å². The minimum atomic E-state index is -0.562. The molecule has 7 heteroatoms. The molecule has 1 aromatic rings. The molecular weight excluding hydrogens is 316 g/mol. The summed E-state index contributed by atoms with van der Waals surface area (Å²) < 4.78 is 0.441. The van der Waals surface area contributed by atoms with Crippen molar-refractivity contribution in [3.05, 3.63) is 22.2 Å². The summed E-state index contributed by atoms with van der Waals surface area (Å²) in [7, 11) is 0. The summed E-state index contributed by atoms with van der Waals surface area (Å²) in [5, 5.41) is 15.1.